The molecule has 0 aliphatic carbocycles. The van der Waals surface area contributed by atoms with E-state index in [1.54, 1.807) is 0 Å². The summed E-state index contributed by atoms with van der Waals surface area (Å²) < 4.78 is 1.07. The number of halogens is 1. The summed E-state index contributed by atoms with van der Waals surface area (Å²) in [6.45, 7) is 0.782. The van der Waals surface area contributed by atoms with Gasteiger partial charge in [-0.05, 0) is 23.8 Å². The number of hydrogen-bond acceptors (Lipinski definition) is 4. The largest absolute Gasteiger partial charge is 0.397 e. The first kappa shape index (κ1) is 12.9. The Hall–Kier alpha value is -1.51. The molecule has 2 aromatic rings. The van der Waals surface area contributed by atoms with E-state index in [4.69, 9.17) is 11.0 Å². The van der Waals surface area contributed by atoms with Gasteiger partial charge in [0.15, 0.2) is 0 Å². The third-order valence-corrected chi connectivity index (χ3v) is 4.20. The molecular weight excluding hydrogens is 310 g/mol. The maximum Gasteiger partial charge on any atom is 0.129 e. The van der Waals surface area contributed by atoms with Gasteiger partial charge in [-0.15, -0.1) is 11.3 Å². The highest BCUT2D eigenvalue weighted by Gasteiger charge is 2.09. The average Bonchev–Trinajstić information content (AvgIpc) is 2.70. The van der Waals surface area contributed by atoms with Crippen molar-refractivity contribution in [3.8, 4) is 6.07 Å². The quantitative estimate of drug-likeness (QED) is 0.939. The SMILES string of the molecule is CN(Cc1cccc(Br)c1)c1cc(N)c(C#N)s1. The summed E-state index contributed by atoms with van der Waals surface area (Å²) in [5.41, 5.74) is 7.52. The van der Waals surface area contributed by atoms with Crippen molar-refractivity contribution in [2.75, 3.05) is 17.7 Å². The number of thiophene rings is 1. The molecule has 2 rings (SSSR count). The predicted molar refractivity (Wildman–Crippen MR) is 79.7 cm³/mol. The molecule has 3 nitrogen and oxygen atoms in total. The lowest BCUT2D eigenvalue weighted by Gasteiger charge is -2.17. The molecule has 1 aromatic carbocycles. The number of nitrogens with zero attached hydrogens (tertiary/aromatic N) is 2. The van der Waals surface area contributed by atoms with Gasteiger partial charge in [0.1, 0.15) is 10.9 Å². The van der Waals surface area contributed by atoms with Crippen LogP contribution in [0.25, 0.3) is 0 Å². The van der Waals surface area contributed by atoms with Gasteiger partial charge in [0.05, 0.1) is 10.7 Å². The summed E-state index contributed by atoms with van der Waals surface area (Å²) in [5, 5.41) is 9.90. The lowest BCUT2D eigenvalue weighted by molar-refractivity contribution is 0.934. The number of nitrogen functional groups attached to an aromatic ring is 1. The van der Waals surface area contributed by atoms with E-state index in [0.29, 0.717) is 10.6 Å². The summed E-state index contributed by atoms with van der Waals surface area (Å²) in [6, 6.07) is 12.1. The molecule has 0 bridgehead atoms. The van der Waals surface area contributed by atoms with Crippen LogP contribution >= 0.6 is 27.3 Å². The standard InChI is InChI=1S/C13H12BrN3S/c1-17(8-9-3-2-4-10(14)5-9)13-6-11(16)12(7-15)18-13/h2-6H,8,16H2,1H3. The second kappa shape index (κ2) is 5.42. The summed E-state index contributed by atoms with van der Waals surface area (Å²) in [6.07, 6.45) is 0. The second-order valence-corrected chi connectivity index (χ2v) is 5.91. The van der Waals surface area contributed by atoms with Crippen LogP contribution in [-0.4, -0.2) is 7.05 Å². The Labute approximate surface area is 119 Å². The molecule has 0 fully saturated rings. The molecule has 1 aromatic heterocycles. The normalized spacial score (nSPS) is 10.1. The van der Waals surface area contributed by atoms with E-state index in [9.17, 15) is 0 Å². The lowest BCUT2D eigenvalue weighted by atomic mass is 10.2. The van der Waals surface area contributed by atoms with Crippen molar-refractivity contribution in [1.82, 2.24) is 0 Å². The monoisotopic (exact) mass is 321 g/mol. The average molecular weight is 322 g/mol. The Kier molecular flexibility index (Phi) is 3.90. The molecule has 0 atom stereocenters. The van der Waals surface area contributed by atoms with E-state index in [1.807, 2.05) is 25.2 Å². The minimum atomic E-state index is 0.554. The van der Waals surface area contributed by atoms with E-state index in [0.717, 1.165) is 16.0 Å². The van der Waals surface area contributed by atoms with Gasteiger partial charge in [-0.2, -0.15) is 5.26 Å². The molecule has 0 unspecified atom stereocenters. The smallest absolute Gasteiger partial charge is 0.129 e. The summed E-state index contributed by atoms with van der Waals surface area (Å²) in [4.78, 5) is 2.66. The third-order valence-electron chi connectivity index (χ3n) is 2.53. The zero-order valence-corrected chi connectivity index (χ0v) is 12.3. The van der Waals surface area contributed by atoms with Crippen LogP contribution in [0.4, 0.5) is 10.7 Å². The highest BCUT2D eigenvalue weighted by molar-refractivity contribution is 9.10. The minimum Gasteiger partial charge on any atom is -0.397 e. The molecule has 2 N–H and O–H groups in total. The first-order valence-corrected chi connectivity index (χ1v) is 6.96. The van der Waals surface area contributed by atoms with Gasteiger partial charge in [-0.25, -0.2) is 0 Å². The van der Waals surface area contributed by atoms with Crippen LogP contribution in [-0.2, 0) is 6.54 Å². The van der Waals surface area contributed by atoms with Crippen molar-refractivity contribution in [3.63, 3.8) is 0 Å². The Morgan fingerprint density at radius 3 is 2.83 bits per heavy atom. The van der Waals surface area contributed by atoms with Gasteiger partial charge in [0.25, 0.3) is 0 Å². The Balaban J connectivity index is 2.17. The fourth-order valence-electron chi connectivity index (χ4n) is 1.65. The number of hydrogen-bond donors (Lipinski definition) is 1. The first-order chi connectivity index (χ1) is 8.60. The first-order valence-electron chi connectivity index (χ1n) is 5.35. The fourth-order valence-corrected chi connectivity index (χ4v) is 2.94. The molecule has 0 amide bonds. The van der Waals surface area contributed by atoms with E-state index in [2.05, 4.69) is 39.0 Å². The van der Waals surface area contributed by atoms with Crippen LogP contribution in [0.3, 0.4) is 0 Å². The summed E-state index contributed by atoms with van der Waals surface area (Å²) >= 11 is 4.88. The van der Waals surface area contributed by atoms with Gasteiger partial charge in [0, 0.05) is 18.1 Å². The van der Waals surface area contributed by atoms with Gasteiger partial charge < -0.3 is 10.6 Å². The van der Waals surface area contributed by atoms with Crippen molar-refractivity contribution in [2.24, 2.45) is 0 Å². The van der Waals surface area contributed by atoms with Gasteiger partial charge in [0.2, 0.25) is 0 Å². The molecule has 0 aliphatic rings. The summed E-state index contributed by atoms with van der Waals surface area (Å²) in [5.74, 6) is 0. The van der Waals surface area contributed by atoms with Gasteiger partial charge in [-0.1, -0.05) is 28.1 Å². The van der Waals surface area contributed by atoms with E-state index in [1.165, 1.54) is 16.9 Å². The maximum absolute atomic E-state index is 8.90. The predicted octanol–water partition coefficient (Wildman–Crippen LogP) is 3.60. The van der Waals surface area contributed by atoms with Crippen molar-refractivity contribution in [1.29, 1.82) is 5.26 Å². The van der Waals surface area contributed by atoms with Crippen molar-refractivity contribution in [2.45, 2.75) is 6.54 Å². The minimum absolute atomic E-state index is 0.554. The van der Waals surface area contributed by atoms with Crippen LogP contribution in [0.2, 0.25) is 0 Å². The molecule has 0 spiro atoms. The van der Waals surface area contributed by atoms with Crippen LogP contribution in [0.1, 0.15) is 10.4 Å². The highest BCUT2D eigenvalue weighted by atomic mass is 79.9. The van der Waals surface area contributed by atoms with E-state index < -0.39 is 0 Å². The van der Waals surface area contributed by atoms with Gasteiger partial charge >= 0.3 is 0 Å². The second-order valence-electron chi connectivity index (χ2n) is 3.97. The third kappa shape index (κ3) is 2.84. The van der Waals surface area contributed by atoms with E-state index >= 15 is 0 Å². The van der Waals surface area contributed by atoms with Crippen molar-refractivity contribution in [3.05, 3.63) is 45.2 Å². The van der Waals surface area contributed by atoms with Crippen LogP contribution in [0, 0.1) is 11.3 Å². The zero-order valence-electron chi connectivity index (χ0n) is 9.85. The Morgan fingerprint density at radius 2 is 2.22 bits per heavy atom. The topological polar surface area (TPSA) is 53.0 Å². The Morgan fingerprint density at radius 1 is 1.44 bits per heavy atom. The van der Waals surface area contributed by atoms with Gasteiger partial charge in [-0.3, -0.25) is 0 Å². The van der Waals surface area contributed by atoms with Crippen LogP contribution in [0.5, 0.6) is 0 Å². The van der Waals surface area contributed by atoms with E-state index in [-0.39, 0.29) is 0 Å². The molecular formula is C13H12BrN3S. The number of rotatable bonds is 3. The number of nitrogens with two attached hydrogens (primary N) is 1. The number of nitriles is 1. The zero-order chi connectivity index (χ0) is 13.1. The molecule has 1 heterocycles. The van der Waals surface area contributed by atoms with Crippen molar-refractivity contribution < 1.29 is 0 Å². The molecule has 5 heteroatoms. The number of anilines is 2. The van der Waals surface area contributed by atoms with Crippen LogP contribution in [0.15, 0.2) is 34.8 Å². The highest BCUT2D eigenvalue weighted by Crippen LogP contribution is 2.31. The molecule has 0 saturated carbocycles. The molecule has 18 heavy (non-hydrogen) atoms. The molecule has 0 radical (unpaired) electrons. The molecule has 92 valence electrons. The number of benzene rings is 1. The summed E-state index contributed by atoms with van der Waals surface area (Å²) in [7, 11) is 1.99. The fraction of sp³-hybridized carbons (Fsp3) is 0.154. The maximum atomic E-state index is 8.90. The molecule has 0 aliphatic heterocycles. The molecule has 0 saturated heterocycles. The lowest BCUT2D eigenvalue weighted by Crippen LogP contribution is -2.14. The Bertz CT molecular complexity index is 601. The van der Waals surface area contributed by atoms with Crippen molar-refractivity contribution >= 4 is 38.0 Å². The van der Waals surface area contributed by atoms with Crippen LogP contribution < -0.4 is 10.6 Å².